The highest BCUT2D eigenvalue weighted by Gasteiger charge is 2.16. The Morgan fingerprint density at radius 3 is 2.40 bits per heavy atom. The minimum Gasteiger partial charge on any atom is -0.392 e. The zero-order valence-electron chi connectivity index (χ0n) is 6.92. The van der Waals surface area contributed by atoms with Crippen molar-refractivity contribution >= 4 is 5.78 Å². The maximum atomic E-state index is 10.7. The van der Waals surface area contributed by atoms with Gasteiger partial charge in [0, 0.05) is 5.92 Å². The van der Waals surface area contributed by atoms with Gasteiger partial charge in [-0.1, -0.05) is 20.3 Å². The third-order valence-corrected chi connectivity index (χ3v) is 1.80. The Morgan fingerprint density at radius 2 is 2.10 bits per heavy atom. The molecule has 0 aromatic carbocycles. The molecular formula is C8H16O2. The molecule has 0 bridgehead atoms. The van der Waals surface area contributed by atoms with Gasteiger partial charge in [0.2, 0.25) is 0 Å². The van der Waals surface area contributed by atoms with Crippen molar-refractivity contribution in [3.05, 3.63) is 0 Å². The van der Waals surface area contributed by atoms with E-state index in [9.17, 15) is 9.90 Å². The average molecular weight is 144 g/mol. The maximum Gasteiger partial charge on any atom is 0.135 e. The second kappa shape index (κ2) is 4.45. The van der Waals surface area contributed by atoms with Crippen molar-refractivity contribution in [1.29, 1.82) is 0 Å². The van der Waals surface area contributed by atoms with E-state index in [2.05, 4.69) is 0 Å². The van der Waals surface area contributed by atoms with Crippen LogP contribution in [0.25, 0.3) is 0 Å². The number of rotatable bonds is 4. The van der Waals surface area contributed by atoms with Crippen LogP contribution in [0.2, 0.25) is 0 Å². The van der Waals surface area contributed by atoms with Gasteiger partial charge in [-0.25, -0.2) is 0 Å². The van der Waals surface area contributed by atoms with Crippen LogP contribution in [0.3, 0.4) is 0 Å². The SMILES string of the molecule is CCCC(O)C(C)C(C)=O. The summed E-state index contributed by atoms with van der Waals surface area (Å²) < 4.78 is 0. The van der Waals surface area contributed by atoms with Gasteiger partial charge in [-0.3, -0.25) is 4.79 Å². The molecule has 0 amide bonds. The van der Waals surface area contributed by atoms with Gasteiger partial charge in [0.1, 0.15) is 5.78 Å². The summed E-state index contributed by atoms with van der Waals surface area (Å²) in [7, 11) is 0. The van der Waals surface area contributed by atoms with E-state index in [4.69, 9.17) is 0 Å². The number of aliphatic hydroxyl groups excluding tert-OH is 1. The molecule has 1 N–H and O–H groups in total. The lowest BCUT2D eigenvalue weighted by Crippen LogP contribution is -2.23. The number of aliphatic hydroxyl groups is 1. The van der Waals surface area contributed by atoms with E-state index >= 15 is 0 Å². The van der Waals surface area contributed by atoms with Crippen molar-refractivity contribution in [1.82, 2.24) is 0 Å². The van der Waals surface area contributed by atoms with E-state index in [-0.39, 0.29) is 11.7 Å². The first kappa shape index (κ1) is 9.63. The van der Waals surface area contributed by atoms with E-state index in [0.29, 0.717) is 0 Å². The van der Waals surface area contributed by atoms with Gasteiger partial charge in [-0.05, 0) is 13.3 Å². The Bertz CT molecular complexity index is 110. The Balaban J connectivity index is 3.69. The van der Waals surface area contributed by atoms with Gasteiger partial charge in [0.15, 0.2) is 0 Å². The lowest BCUT2D eigenvalue weighted by molar-refractivity contribution is -0.123. The summed E-state index contributed by atoms with van der Waals surface area (Å²) >= 11 is 0. The van der Waals surface area contributed by atoms with Crippen molar-refractivity contribution < 1.29 is 9.90 Å². The Morgan fingerprint density at radius 1 is 1.60 bits per heavy atom. The number of ketones is 1. The van der Waals surface area contributed by atoms with Crippen LogP contribution in [0.1, 0.15) is 33.6 Å². The molecule has 0 heterocycles. The van der Waals surface area contributed by atoms with Crippen LogP contribution < -0.4 is 0 Å². The molecule has 2 unspecified atom stereocenters. The molecule has 60 valence electrons. The molecule has 2 heteroatoms. The number of carbonyl (C=O) groups excluding carboxylic acids is 1. The number of hydrogen-bond acceptors (Lipinski definition) is 2. The van der Waals surface area contributed by atoms with Crippen molar-refractivity contribution in [3.63, 3.8) is 0 Å². The standard InChI is InChI=1S/C8H16O2/c1-4-5-8(10)6(2)7(3)9/h6,8,10H,4-5H2,1-3H3. The highest BCUT2D eigenvalue weighted by molar-refractivity contribution is 5.78. The van der Waals surface area contributed by atoms with Crippen LogP contribution >= 0.6 is 0 Å². The molecule has 2 atom stereocenters. The fraction of sp³-hybridized carbons (Fsp3) is 0.875. The van der Waals surface area contributed by atoms with Crippen LogP contribution in [-0.2, 0) is 4.79 Å². The summed E-state index contributed by atoms with van der Waals surface area (Å²) in [5.74, 6) is -0.124. The highest BCUT2D eigenvalue weighted by atomic mass is 16.3. The average Bonchev–Trinajstić information content (AvgIpc) is 1.87. The van der Waals surface area contributed by atoms with Gasteiger partial charge in [-0.2, -0.15) is 0 Å². The summed E-state index contributed by atoms with van der Waals surface area (Å²) in [6.07, 6.45) is 1.21. The summed E-state index contributed by atoms with van der Waals surface area (Å²) in [5.41, 5.74) is 0. The largest absolute Gasteiger partial charge is 0.392 e. The topological polar surface area (TPSA) is 37.3 Å². The molecule has 0 aromatic rings. The molecule has 0 aromatic heterocycles. The second-order valence-corrected chi connectivity index (χ2v) is 2.76. The molecule has 10 heavy (non-hydrogen) atoms. The first-order valence-corrected chi connectivity index (χ1v) is 3.78. The number of Topliss-reactive ketones (excluding diaryl/α,β-unsaturated/α-hetero) is 1. The maximum absolute atomic E-state index is 10.7. The quantitative estimate of drug-likeness (QED) is 0.647. The van der Waals surface area contributed by atoms with Crippen LogP contribution in [0.5, 0.6) is 0 Å². The van der Waals surface area contributed by atoms with Crippen molar-refractivity contribution in [2.75, 3.05) is 0 Å². The van der Waals surface area contributed by atoms with Crippen molar-refractivity contribution in [2.24, 2.45) is 5.92 Å². The molecule has 0 aliphatic carbocycles. The van der Waals surface area contributed by atoms with Crippen LogP contribution in [0, 0.1) is 5.92 Å². The van der Waals surface area contributed by atoms with Crippen molar-refractivity contribution in [2.45, 2.75) is 39.7 Å². The van der Waals surface area contributed by atoms with Gasteiger partial charge in [-0.15, -0.1) is 0 Å². The third kappa shape index (κ3) is 2.97. The van der Waals surface area contributed by atoms with Crippen LogP contribution in [-0.4, -0.2) is 17.0 Å². The second-order valence-electron chi connectivity index (χ2n) is 2.76. The fourth-order valence-electron chi connectivity index (χ4n) is 0.817. The molecule has 0 spiro atoms. The van der Waals surface area contributed by atoms with Gasteiger partial charge in [0.25, 0.3) is 0 Å². The van der Waals surface area contributed by atoms with E-state index in [0.717, 1.165) is 12.8 Å². The molecule has 2 nitrogen and oxygen atoms in total. The lowest BCUT2D eigenvalue weighted by Gasteiger charge is -2.14. The smallest absolute Gasteiger partial charge is 0.135 e. The normalized spacial score (nSPS) is 16.4. The zero-order chi connectivity index (χ0) is 8.15. The minimum atomic E-state index is -0.442. The summed E-state index contributed by atoms with van der Waals surface area (Å²) in [6, 6.07) is 0. The molecule has 0 fully saturated rings. The summed E-state index contributed by atoms with van der Waals surface area (Å²) in [5, 5.41) is 9.27. The molecule has 0 rings (SSSR count). The Kier molecular flexibility index (Phi) is 4.28. The van der Waals surface area contributed by atoms with Crippen molar-refractivity contribution in [3.8, 4) is 0 Å². The first-order valence-electron chi connectivity index (χ1n) is 3.78. The third-order valence-electron chi connectivity index (χ3n) is 1.80. The molecular weight excluding hydrogens is 128 g/mol. The van der Waals surface area contributed by atoms with Gasteiger partial charge >= 0.3 is 0 Å². The first-order chi connectivity index (χ1) is 4.59. The highest BCUT2D eigenvalue weighted by Crippen LogP contribution is 2.09. The predicted molar refractivity (Wildman–Crippen MR) is 40.8 cm³/mol. The molecule has 0 aliphatic rings. The summed E-state index contributed by atoms with van der Waals surface area (Å²) in [6.45, 7) is 5.28. The van der Waals surface area contributed by atoms with E-state index < -0.39 is 6.10 Å². The lowest BCUT2D eigenvalue weighted by atomic mass is 9.97. The predicted octanol–water partition coefficient (Wildman–Crippen LogP) is 1.37. The Labute approximate surface area is 62.2 Å². The van der Waals surface area contributed by atoms with Gasteiger partial charge < -0.3 is 5.11 Å². The monoisotopic (exact) mass is 144 g/mol. The zero-order valence-corrected chi connectivity index (χ0v) is 6.92. The molecule has 0 aliphatic heterocycles. The molecule has 0 saturated carbocycles. The van der Waals surface area contributed by atoms with E-state index in [1.807, 2.05) is 6.92 Å². The Hall–Kier alpha value is -0.370. The minimum absolute atomic E-state index is 0.0703. The molecule has 0 saturated heterocycles. The van der Waals surface area contributed by atoms with Crippen LogP contribution in [0.15, 0.2) is 0 Å². The number of hydrogen-bond donors (Lipinski definition) is 1. The van der Waals surface area contributed by atoms with Crippen LogP contribution in [0.4, 0.5) is 0 Å². The fourth-order valence-corrected chi connectivity index (χ4v) is 0.817. The summed E-state index contributed by atoms with van der Waals surface area (Å²) in [4.78, 5) is 10.7. The van der Waals surface area contributed by atoms with E-state index in [1.54, 1.807) is 6.92 Å². The van der Waals surface area contributed by atoms with Gasteiger partial charge in [0.05, 0.1) is 6.10 Å². The number of carbonyl (C=O) groups is 1. The molecule has 0 radical (unpaired) electrons. The van der Waals surface area contributed by atoms with E-state index in [1.165, 1.54) is 6.92 Å².